The van der Waals surface area contributed by atoms with Gasteiger partial charge in [0.2, 0.25) is 15.9 Å². The summed E-state index contributed by atoms with van der Waals surface area (Å²) in [5, 5.41) is -0.559. The molecule has 8 heteroatoms. The van der Waals surface area contributed by atoms with Crippen LogP contribution in [0.15, 0.2) is 24.5 Å². The average molecular weight is 365 g/mol. The second-order valence-corrected chi connectivity index (χ2v) is 9.69. The summed E-state index contributed by atoms with van der Waals surface area (Å²) in [5.41, 5.74) is 0.108. The first-order chi connectivity index (χ1) is 11.8. The average Bonchev–Trinajstić information content (AvgIpc) is 2.94. The van der Waals surface area contributed by atoms with Crippen LogP contribution < -0.4 is 0 Å². The monoisotopic (exact) mass is 365 g/mol. The Balaban J connectivity index is 1.61. The summed E-state index contributed by atoms with van der Waals surface area (Å²) < 4.78 is 33.8. The molecule has 136 valence electrons. The molecule has 0 radical (unpaired) electrons. The van der Waals surface area contributed by atoms with Gasteiger partial charge in [0.15, 0.2) is 0 Å². The molecular formula is C17H23N3O4S. The highest BCUT2D eigenvalue weighted by Crippen LogP contribution is 2.47. The standard InChI is InChI=1S/C17H23N3O4S/c1-12(2)16(21)19-9-14-7-15-17(10-19,24-14)11-20(25(15,22)23)8-13-3-5-18-6-4-13/h3-6,12,14-15H,7-11H2,1-2H3/t14-,15+,17+/m0/s1. The maximum atomic E-state index is 13.1. The van der Waals surface area contributed by atoms with Gasteiger partial charge in [0.25, 0.3) is 0 Å². The molecule has 3 saturated heterocycles. The third-order valence-electron chi connectivity index (χ3n) is 5.42. The predicted molar refractivity (Wildman–Crippen MR) is 91.0 cm³/mol. The van der Waals surface area contributed by atoms with Gasteiger partial charge in [0.1, 0.15) is 10.9 Å². The van der Waals surface area contributed by atoms with Crippen molar-refractivity contribution in [3.8, 4) is 0 Å². The molecule has 0 aromatic carbocycles. The lowest BCUT2D eigenvalue weighted by atomic mass is 9.98. The van der Waals surface area contributed by atoms with Crippen LogP contribution in [0, 0.1) is 5.92 Å². The van der Waals surface area contributed by atoms with Crippen molar-refractivity contribution in [2.24, 2.45) is 5.92 Å². The van der Waals surface area contributed by atoms with Gasteiger partial charge in [0.05, 0.1) is 12.6 Å². The number of ether oxygens (including phenoxy) is 1. The van der Waals surface area contributed by atoms with Gasteiger partial charge in [-0.15, -0.1) is 0 Å². The van der Waals surface area contributed by atoms with Gasteiger partial charge in [-0.05, 0) is 24.1 Å². The Hall–Kier alpha value is -1.51. The van der Waals surface area contributed by atoms with Crippen LogP contribution in [0.1, 0.15) is 25.8 Å². The summed E-state index contributed by atoms with van der Waals surface area (Å²) >= 11 is 0. The highest BCUT2D eigenvalue weighted by Gasteiger charge is 2.65. The van der Waals surface area contributed by atoms with Gasteiger partial charge in [-0.25, -0.2) is 8.42 Å². The molecule has 4 heterocycles. The van der Waals surface area contributed by atoms with E-state index in [9.17, 15) is 13.2 Å². The lowest BCUT2D eigenvalue weighted by molar-refractivity contribution is -0.153. The van der Waals surface area contributed by atoms with E-state index in [1.54, 1.807) is 17.3 Å². The topological polar surface area (TPSA) is 79.8 Å². The molecule has 25 heavy (non-hydrogen) atoms. The van der Waals surface area contributed by atoms with Crippen LogP contribution in [0.3, 0.4) is 0 Å². The number of rotatable bonds is 3. The van der Waals surface area contributed by atoms with Gasteiger partial charge < -0.3 is 9.64 Å². The summed E-state index contributed by atoms with van der Waals surface area (Å²) in [6.45, 7) is 5.22. The highest BCUT2D eigenvalue weighted by molar-refractivity contribution is 7.90. The first-order valence-corrected chi connectivity index (χ1v) is 10.2. The van der Waals surface area contributed by atoms with Crippen LogP contribution in [0.2, 0.25) is 0 Å². The van der Waals surface area contributed by atoms with Crippen LogP contribution in [-0.4, -0.2) is 65.1 Å². The van der Waals surface area contributed by atoms with Gasteiger partial charge in [-0.2, -0.15) is 4.31 Å². The van der Waals surface area contributed by atoms with Crippen molar-refractivity contribution in [3.05, 3.63) is 30.1 Å². The number of fused-ring (bicyclic) bond motifs is 1. The Labute approximate surface area is 148 Å². The smallest absolute Gasteiger partial charge is 0.225 e. The van der Waals surface area contributed by atoms with E-state index in [2.05, 4.69) is 4.98 Å². The molecule has 4 rings (SSSR count). The lowest BCUT2D eigenvalue weighted by Crippen LogP contribution is -2.57. The van der Waals surface area contributed by atoms with Crippen LogP contribution in [0.25, 0.3) is 0 Å². The molecule has 1 aromatic heterocycles. The molecule has 0 aliphatic carbocycles. The summed E-state index contributed by atoms with van der Waals surface area (Å²) in [7, 11) is -3.45. The number of morpholine rings is 1. The molecule has 3 aliphatic rings. The zero-order valence-corrected chi connectivity index (χ0v) is 15.3. The van der Waals surface area contributed by atoms with Crippen molar-refractivity contribution in [3.63, 3.8) is 0 Å². The molecule has 1 spiro atoms. The fourth-order valence-corrected chi connectivity index (χ4v) is 6.61. The van der Waals surface area contributed by atoms with Crippen LogP contribution in [0.4, 0.5) is 0 Å². The van der Waals surface area contributed by atoms with E-state index in [1.807, 2.05) is 26.0 Å². The Kier molecular flexibility index (Phi) is 3.90. The molecule has 3 aliphatic heterocycles. The van der Waals surface area contributed by atoms with E-state index in [0.717, 1.165) is 5.56 Å². The number of likely N-dealkylation sites (tertiary alicyclic amines) is 1. The zero-order chi connectivity index (χ0) is 17.8. The third kappa shape index (κ3) is 2.67. The molecule has 7 nitrogen and oxygen atoms in total. The number of amides is 1. The van der Waals surface area contributed by atoms with Gasteiger partial charge >= 0.3 is 0 Å². The maximum absolute atomic E-state index is 13.1. The molecule has 1 aromatic rings. The minimum absolute atomic E-state index is 0.0679. The first-order valence-electron chi connectivity index (χ1n) is 8.66. The normalized spacial score (nSPS) is 33.6. The molecule has 3 fully saturated rings. The van der Waals surface area contributed by atoms with E-state index >= 15 is 0 Å². The van der Waals surface area contributed by atoms with Crippen molar-refractivity contribution >= 4 is 15.9 Å². The van der Waals surface area contributed by atoms with Gasteiger partial charge in [-0.1, -0.05) is 13.8 Å². The predicted octanol–water partition coefficient (Wildman–Crippen LogP) is 0.621. The lowest BCUT2D eigenvalue weighted by Gasteiger charge is -2.40. The summed E-state index contributed by atoms with van der Waals surface area (Å²) in [4.78, 5) is 18.2. The van der Waals surface area contributed by atoms with E-state index in [0.29, 0.717) is 32.6 Å². The Morgan fingerprint density at radius 2 is 2.08 bits per heavy atom. The fourth-order valence-electron chi connectivity index (χ4n) is 4.32. The van der Waals surface area contributed by atoms with Gasteiger partial charge in [0, 0.05) is 37.9 Å². The highest BCUT2D eigenvalue weighted by atomic mass is 32.2. The van der Waals surface area contributed by atoms with Crippen molar-refractivity contribution in [2.45, 2.75) is 43.8 Å². The molecule has 3 atom stereocenters. The number of hydrogen-bond acceptors (Lipinski definition) is 5. The Bertz CT molecular complexity index is 782. The number of hydrogen-bond donors (Lipinski definition) is 0. The molecule has 0 N–H and O–H groups in total. The van der Waals surface area contributed by atoms with Crippen molar-refractivity contribution in [1.29, 1.82) is 0 Å². The molecule has 1 amide bonds. The Morgan fingerprint density at radius 1 is 1.36 bits per heavy atom. The van der Waals surface area contributed by atoms with Gasteiger partial charge in [-0.3, -0.25) is 9.78 Å². The largest absolute Gasteiger partial charge is 0.365 e. The number of sulfonamides is 1. The summed E-state index contributed by atoms with van der Waals surface area (Å²) in [5.74, 6) is -0.0309. The summed E-state index contributed by atoms with van der Waals surface area (Å²) in [6.07, 6.45) is 3.61. The molecule has 0 saturated carbocycles. The van der Waals surface area contributed by atoms with E-state index in [1.165, 1.54) is 4.31 Å². The van der Waals surface area contributed by atoms with Crippen molar-refractivity contribution in [1.82, 2.24) is 14.2 Å². The third-order valence-corrected chi connectivity index (χ3v) is 7.74. The number of nitrogens with zero attached hydrogens (tertiary/aromatic N) is 3. The SMILES string of the molecule is CC(C)C(=O)N1C[C@@H]2C[C@@H]3[C@@](C1)(CN(Cc1ccncc1)S3(=O)=O)O2. The minimum atomic E-state index is -3.45. The zero-order valence-electron chi connectivity index (χ0n) is 14.5. The van der Waals surface area contributed by atoms with Crippen LogP contribution in [0.5, 0.6) is 0 Å². The number of aromatic nitrogens is 1. The first kappa shape index (κ1) is 16.9. The number of carbonyl (C=O) groups excluding carboxylic acids is 1. The van der Waals surface area contributed by atoms with Crippen molar-refractivity contribution in [2.75, 3.05) is 19.6 Å². The van der Waals surface area contributed by atoms with Crippen LogP contribution in [-0.2, 0) is 26.1 Å². The molecule has 0 unspecified atom stereocenters. The van der Waals surface area contributed by atoms with E-state index in [-0.39, 0.29) is 17.9 Å². The second-order valence-electron chi connectivity index (χ2n) is 7.57. The summed E-state index contributed by atoms with van der Waals surface area (Å²) in [6, 6.07) is 3.64. The Morgan fingerprint density at radius 3 is 2.76 bits per heavy atom. The van der Waals surface area contributed by atoms with Crippen LogP contribution >= 0.6 is 0 Å². The van der Waals surface area contributed by atoms with E-state index in [4.69, 9.17) is 4.74 Å². The molecular weight excluding hydrogens is 342 g/mol. The number of pyridine rings is 1. The fraction of sp³-hybridized carbons (Fsp3) is 0.647. The van der Waals surface area contributed by atoms with Crippen molar-refractivity contribution < 1.29 is 17.9 Å². The number of carbonyl (C=O) groups is 1. The minimum Gasteiger partial charge on any atom is -0.365 e. The molecule has 2 bridgehead atoms. The maximum Gasteiger partial charge on any atom is 0.225 e. The van der Waals surface area contributed by atoms with E-state index < -0.39 is 20.9 Å². The quantitative estimate of drug-likeness (QED) is 0.785. The second kappa shape index (κ2) is 5.75.